The fourth-order valence-electron chi connectivity index (χ4n) is 6.26. The molecule has 206 valence electrons. The summed E-state index contributed by atoms with van der Waals surface area (Å²) >= 11 is 0. The number of hydrogen-bond donors (Lipinski definition) is 2. The van der Waals surface area contributed by atoms with E-state index in [1.54, 1.807) is 0 Å². The summed E-state index contributed by atoms with van der Waals surface area (Å²) < 4.78 is 0. The van der Waals surface area contributed by atoms with Gasteiger partial charge in [0.05, 0.1) is 12.1 Å². The third-order valence-corrected chi connectivity index (χ3v) is 8.56. The molecule has 2 aliphatic rings. The average Bonchev–Trinajstić information content (AvgIpc) is 3.31. The molecule has 8 rings (SSSR count). The molecule has 2 atom stereocenters. The van der Waals surface area contributed by atoms with Crippen LogP contribution in [0.4, 0.5) is 5.69 Å². The molecule has 43 heavy (non-hydrogen) atoms. The van der Waals surface area contributed by atoms with E-state index in [4.69, 9.17) is 4.99 Å². The van der Waals surface area contributed by atoms with Crippen LogP contribution in [0.15, 0.2) is 151 Å². The van der Waals surface area contributed by atoms with Gasteiger partial charge in [-0.15, -0.1) is 0 Å². The molecule has 2 aliphatic heterocycles. The van der Waals surface area contributed by atoms with Crippen molar-refractivity contribution < 1.29 is 0 Å². The van der Waals surface area contributed by atoms with Crippen LogP contribution in [0.25, 0.3) is 38.7 Å². The van der Waals surface area contributed by atoms with Crippen LogP contribution >= 0.6 is 0 Å². The van der Waals surface area contributed by atoms with Gasteiger partial charge in [-0.3, -0.25) is 4.99 Å². The Balaban J connectivity index is 1.18. The molecule has 0 radical (unpaired) electrons. The van der Waals surface area contributed by atoms with Gasteiger partial charge in [0.25, 0.3) is 0 Å². The molecular weight excluding hydrogens is 522 g/mol. The summed E-state index contributed by atoms with van der Waals surface area (Å²) in [6, 6.07) is 45.6. The topological polar surface area (TPSA) is 36.4 Å². The predicted molar refractivity (Wildman–Crippen MR) is 182 cm³/mol. The summed E-state index contributed by atoms with van der Waals surface area (Å²) in [5, 5.41) is 12.3. The second-order valence-corrected chi connectivity index (χ2v) is 11.3. The van der Waals surface area contributed by atoms with Gasteiger partial charge in [0, 0.05) is 23.4 Å². The zero-order chi connectivity index (χ0) is 28.6. The van der Waals surface area contributed by atoms with Gasteiger partial charge in [0.1, 0.15) is 5.84 Å². The summed E-state index contributed by atoms with van der Waals surface area (Å²) in [6.45, 7) is 0.855. The summed E-state index contributed by atoms with van der Waals surface area (Å²) in [6.07, 6.45) is 8.87. The molecule has 0 aromatic heterocycles. The summed E-state index contributed by atoms with van der Waals surface area (Å²) in [5.74, 6) is 0.899. The highest BCUT2D eigenvalue weighted by Gasteiger charge is 2.20. The van der Waals surface area contributed by atoms with Crippen molar-refractivity contribution in [3.05, 3.63) is 168 Å². The van der Waals surface area contributed by atoms with Gasteiger partial charge < -0.3 is 10.6 Å². The van der Waals surface area contributed by atoms with E-state index < -0.39 is 0 Å². The van der Waals surface area contributed by atoms with Crippen molar-refractivity contribution in [1.82, 2.24) is 5.32 Å². The number of para-hydroxylation sites is 1. The largest absolute Gasteiger partial charge is 0.381 e. The normalized spacial score (nSPS) is 17.5. The maximum absolute atomic E-state index is 5.32. The zero-order valence-electron chi connectivity index (χ0n) is 23.7. The van der Waals surface area contributed by atoms with E-state index in [-0.39, 0.29) is 12.1 Å². The van der Waals surface area contributed by atoms with Crippen LogP contribution in [0.3, 0.4) is 0 Å². The number of benzene rings is 6. The number of nitrogens with zero attached hydrogens (tertiary/aromatic N) is 1. The Labute approximate surface area is 251 Å². The SMILES string of the molecule is C1=Cc2cccc(-c3ccc(C4C=CC(c5ccc6ccccc6c5)N=C(c5ccc6ccccc6c5)N4)cc3)c2NC1. The van der Waals surface area contributed by atoms with Gasteiger partial charge in [-0.2, -0.15) is 0 Å². The number of hydrogen-bond acceptors (Lipinski definition) is 3. The first kappa shape index (κ1) is 25.3. The second kappa shape index (κ2) is 10.8. The van der Waals surface area contributed by atoms with Gasteiger partial charge >= 0.3 is 0 Å². The molecule has 2 unspecified atom stereocenters. The summed E-state index contributed by atoms with van der Waals surface area (Å²) in [7, 11) is 0. The Kier molecular flexibility index (Phi) is 6.34. The first-order valence-electron chi connectivity index (χ1n) is 14.9. The minimum absolute atomic E-state index is 0.0181. The number of amidine groups is 1. The standard InChI is InChI=1S/C40H31N3/c1-3-9-32-25-34(20-14-27(32)7-1)38-23-22-37(42-40(43-38)35-21-15-28-8-2-4-10-33(28)26-35)30-18-16-29(17-19-30)36-13-5-11-31-12-6-24-41-39(31)36/h1-23,25-26,37-38,41H,24H2,(H,42,43). The number of anilines is 1. The van der Waals surface area contributed by atoms with Crippen LogP contribution in [0.2, 0.25) is 0 Å². The predicted octanol–water partition coefficient (Wildman–Crippen LogP) is 9.49. The van der Waals surface area contributed by atoms with Gasteiger partial charge in [0.15, 0.2) is 0 Å². The summed E-state index contributed by atoms with van der Waals surface area (Å²) in [4.78, 5) is 5.32. The first-order chi connectivity index (χ1) is 21.3. The van der Waals surface area contributed by atoms with Crippen molar-refractivity contribution in [1.29, 1.82) is 0 Å². The molecule has 6 aromatic carbocycles. The van der Waals surface area contributed by atoms with E-state index >= 15 is 0 Å². The molecule has 0 bridgehead atoms. The first-order valence-corrected chi connectivity index (χ1v) is 14.9. The quantitative estimate of drug-likeness (QED) is 0.213. The van der Waals surface area contributed by atoms with E-state index in [0.717, 1.165) is 17.9 Å². The molecule has 3 heteroatoms. The Bertz CT molecular complexity index is 2070. The Morgan fingerprint density at radius 2 is 1.28 bits per heavy atom. The highest BCUT2D eigenvalue weighted by atomic mass is 15.0. The number of fused-ring (bicyclic) bond motifs is 3. The van der Waals surface area contributed by atoms with Crippen LogP contribution < -0.4 is 10.6 Å². The van der Waals surface area contributed by atoms with Crippen LogP contribution in [-0.4, -0.2) is 12.4 Å². The van der Waals surface area contributed by atoms with Crippen LogP contribution in [0, 0.1) is 0 Å². The third kappa shape index (κ3) is 4.89. The van der Waals surface area contributed by atoms with E-state index in [1.807, 2.05) is 0 Å². The number of rotatable bonds is 4. The van der Waals surface area contributed by atoms with Gasteiger partial charge in [-0.25, -0.2) is 0 Å². The lowest BCUT2D eigenvalue weighted by atomic mass is 9.95. The van der Waals surface area contributed by atoms with Crippen LogP contribution in [-0.2, 0) is 0 Å². The molecule has 0 saturated carbocycles. The molecule has 6 aromatic rings. The smallest absolute Gasteiger partial charge is 0.129 e. The molecule has 2 N–H and O–H groups in total. The Morgan fingerprint density at radius 3 is 2.09 bits per heavy atom. The minimum atomic E-state index is -0.0992. The van der Waals surface area contributed by atoms with Crippen molar-refractivity contribution in [2.24, 2.45) is 4.99 Å². The minimum Gasteiger partial charge on any atom is -0.381 e. The lowest BCUT2D eigenvalue weighted by molar-refractivity contribution is 0.796. The van der Waals surface area contributed by atoms with E-state index in [1.165, 1.54) is 55.0 Å². The van der Waals surface area contributed by atoms with Crippen LogP contribution in [0.5, 0.6) is 0 Å². The fraction of sp³-hybridized carbons (Fsp3) is 0.0750. The van der Waals surface area contributed by atoms with Gasteiger partial charge in [0.2, 0.25) is 0 Å². The van der Waals surface area contributed by atoms with E-state index in [2.05, 4.69) is 162 Å². The summed E-state index contributed by atoms with van der Waals surface area (Å²) in [5.41, 5.74) is 8.34. The molecule has 2 heterocycles. The van der Waals surface area contributed by atoms with Crippen molar-refractivity contribution in [2.75, 3.05) is 11.9 Å². The lowest BCUT2D eigenvalue weighted by Crippen LogP contribution is -2.27. The highest BCUT2D eigenvalue weighted by molar-refractivity contribution is 6.03. The number of nitrogens with one attached hydrogen (secondary N) is 2. The fourth-order valence-corrected chi connectivity index (χ4v) is 6.26. The lowest BCUT2D eigenvalue weighted by Gasteiger charge is -2.20. The van der Waals surface area contributed by atoms with E-state index in [9.17, 15) is 0 Å². The molecular formula is C40H31N3. The van der Waals surface area contributed by atoms with E-state index in [0.29, 0.717) is 0 Å². The maximum atomic E-state index is 5.32. The molecule has 0 amide bonds. The van der Waals surface area contributed by atoms with Gasteiger partial charge in [-0.05, 0) is 55.9 Å². The van der Waals surface area contributed by atoms with Crippen molar-refractivity contribution >= 4 is 39.1 Å². The molecule has 0 spiro atoms. The maximum Gasteiger partial charge on any atom is 0.129 e. The molecule has 0 fully saturated rings. The highest BCUT2D eigenvalue weighted by Crippen LogP contribution is 2.35. The van der Waals surface area contributed by atoms with Crippen LogP contribution in [0.1, 0.15) is 34.3 Å². The Hall–Kier alpha value is -5.41. The number of aliphatic imine (C=N–C) groups is 1. The molecule has 0 aliphatic carbocycles. The average molecular weight is 554 g/mol. The Morgan fingerprint density at radius 1 is 0.581 bits per heavy atom. The van der Waals surface area contributed by atoms with Crippen molar-refractivity contribution in [2.45, 2.75) is 12.1 Å². The van der Waals surface area contributed by atoms with Crippen molar-refractivity contribution in [3.63, 3.8) is 0 Å². The molecule has 3 nitrogen and oxygen atoms in total. The zero-order valence-corrected chi connectivity index (χ0v) is 23.7. The monoisotopic (exact) mass is 553 g/mol. The third-order valence-electron chi connectivity index (χ3n) is 8.56. The second-order valence-electron chi connectivity index (χ2n) is 11.3. The van der Waals surface area contributed by atoms with Gasteiger partial charge in [-0.1, -0.05) is 140 Å². The molecule has 0 saturated heterocycles. The van der Waals surface area contributed by atoms with Crippen molar-refractivity contribution in [3.8, 4) is 11.1 Å².